The first-order chi connectivity index (χ1) is 6.09. The summed E-state index contributed by atoms with van der Waals surface area (Å²) in [5, 5.41) is 2.48. The molecule has 0 aromatic heterocycles. The smallest absolute Gasteiger partial charge is 0.236 e. The fourth-order valence-electron chi connectivity index (χ4n) is 1.57. The van der Waals surface area contributed by atoms with Crippen molar-refractivity contribution in [1.82, 2.24) is 5.32 Å². The third-order valence-electron chi connectivity index (χ3n) is 2.28. The maximum atomic E-state index is 11.3. The average Bonchev–Trinajstić information content (AvgIpc) is 2.47. The second-order valence-corrected chi connectivity index (χ2v) is 3.45. The van der Waals surface area contributed by atoms with Crippen molar-refractivity contribution in [2.45, 2.75) is 25.3 Å². The van der Waals surface area contributed by atoms with Gasteiger partial charge in [0.1, 0.15) is 0 Å². The third-order valence-corrected chi connectivity index (χ3v) is 2.28. The summed E-state index contributed by atoms with van der Waals surface area (Å²) < 4.78 is 0. The number of nitrogens with two attached hydrogens (primary N) is 2. The van der Waals surface area contributed by atoms with E-state index >= 15 is 0 Å². The molecule has 5 heteroatoms. The molecule has 0 aromatic rings. The SMILES string of the molecule is NC(=O)CNC(=O)C1CCC(N)C1. The minimum atomic E-state index is -0.518. The van der Waals surface area contributed by atoms with Gasteiger partial charge >= 0.3 is 0 Å². The van der Waals surface area contributed by atoms with Crippen molar-refractivity contribution >= 4 is 11.8 Å². The number of primary amides is 1. The Labute approximate surface area is 76.8 Å². The van der Waals surface area contributed by atoms with Gasteiger partial charge in [0.15, 0.2) is 0 Å². The van der Waals surface area contributed by atoms with Gasteiger partial charge in [-0.05, 0) is 19.3 Å². The Morgan fingerprint density at radius 1 is 1.38 bits per heavy atom. The van der Waals surface area contributed by atoms with Crippen molar-refractivity contribution in [3.05, 3.63) is 0 Å². The van der Waals surface area contributed by atoms with Crippen LogP contribution in [0, 0.1) is 5.92 Å². The van der Waals surface area contributed by atoms with Crippen molar-refractivity contribution in [3.8, 4) is 0 Å². The molecular weight excluding hydrogens is 170 g/mol. The lowest BCUT2D eigenvalue weighted by molar-refractivity contribution is -0.127. The molecule has 13 heavy (non-hydrogen) atoms. The molecule has 1 fully saturated rings. The fraction of sp³-hybridized carbons (Fsp3) is 0.750. The fourth-order valence-corrected chi connectivity index (χ4v) is 1.57. The molecule has 1 aliphatic rings. The second-order valence-electron chi connectivity index (χ2n) is 3.45. The predicted octanol–water partition coefficient (Wildman–Crippen LogP) is -1.28. The topological polar surface area (TPSA) is 98.2 Å². The monoisotopic (exact) mass is 185 g/mol. The van der Waals surface area contributed by atoms with Gasteiger partial charge in [-0.25, -0.2) is 0 Å². The minimum absolute atomic E-state index is 0.0330. The number of carbonyl (C=O) groups excluding carboxylic acids is 2. The zero-order valence-corrected chi connectivity index (χ0v) is 7.45. The zero-order chi connectivity index (χ0) is 9.84. The number of amides is 2. The average molecular weight is 185 g/mol. The van der Waals surface area contributed by atoms with Gasteiger partial charge in [-0.2, -0.15) is 0 Å². The van der Waals surface area contributed by atoms with Crippen LogP contribution < -0.4 is 16.8 Å². The van der Waals surface area contributed by atoms with Crippen LogP contribution in [0.5, 0.6) is 0 Å². The molecule has 2 unspecified atom stereocenters. The first-order valence-corrected chi connectivity index (χ1v) is 4.41. The number of rotatable bonds is 3. The highest BCUT2D eigenvalue weighted by Crippen LogP contribution is 2.23. The molecule has 0 spiro atoms. The Hall–Kier alpha value is -1.10. The lowest BCUT2D eigenvalue weighted by Gasteiger charge is -2.08. The predicted molar refractivity (Wildman–Crippen MR) is 47.5 cm³/mol. The summed E-state index contributed by atoms with van der Waals surface area (Å²) in [5.41, 5.74) is 10.5. The molecule has 0 bridgehead atoms. The van der Waals surface area contributed by atoms with E-state index in [9.17, 15) is 9.59 Å². The molecule has 5 N–H and O–H groups in total. The number of hydrogen-bond donors (Lipinski definition) is 3. The maximum Gasteiger partial charge on any atom is 0.236 e. The van der Waals surface area contributed by atoms with Crippen LogP contribution in [-0.4, -0.2) is 24.4 Å². The standard InChI is InChI=1S/C8H15N3O2/c9-6-2-1-5(3-6)8(13)11-4-7(10)12/h5-6H,1-4,9H2,(H2,10,12)(H,11,13). The second kappa shape index (κ2) is 4.23. The Balaban J connectivity index is 2.27. The summed E-state index contributed by atoms with van der Waals surface area (Å²) in [4.78, 5) is 21.7. The summed E-state index contributed by atoms with van der Waals surface area (Å²) in [6.45, 7) is -0.0788. The number of hydrogen-bond acceptors (Lipinski definition) is 3. The minimum Gasteiger partial charge on any atom is -0.368 e. The summed E-state index contributed by atoms with van der Waals surface area (Å²) in [5.74, 6) is -0.656. The van der Waals surface area contributed by atoms with E-state index in [1.54, 1.807) is 0 Å². The Morgan fingerprint density at radius 2 is 2.08 bits per heavy atom. The number of carbonyl (C=O) groups is 2. The van der Waals surface area contributed by atoms with Crippen LogP contribution in [0.1, 0.15) is 19.3 Å². The van der Waals surface area contributed by atoms with Crippen molar-refractivity contribution < 1.29 is 9.59 Å². The summed E-state index contributed by atoms with van der Waals surface area (Å²) >= 11 is 0. The van der Waals surface area contributed by atoms with Crippen molar-refractivity contribution in [2.75, 3.05) is 6.54 Å². The molecule has 1 rings (SSSR count). The van der Waals surface area contributed by atoms with Crippen molar-refractivity contribution in [2.24, 2.45) is 17.4 Å². The van der Waals surface area contributed by atoms with Crippen LogP contribution in [0.2, 0.25) is 0 Å². The van der Waals surface area contributed by atoms with E-state index in [2.05, 4.69) is 5.32 Å². The highest BCUT2D eigenvalue weighted by atomic mass is 16.2. The molecular formula is C8H15N3O2. The first-order valence-electron chi connectivity index (χ1n) is 4.41. The van der Waals surface area contributed by atoms with Crippen LogP contribution in [0.3, 0.4) is 0 Å². The quantitative estimate of drug-likeness (QED) is 0.510. The normalized spacial score (nSPS) is 27.2. The van der Waals surface area contributed by atoms with Crippen molar-refractivity contribution in [1.29, 1.82) is 0 Å². The maximum absolute atomic E-state index is 11.3. The largest absolute Gasteiger partial charge is 0.368 e. The van der Waals surface area contributed by atoms with Crippen LogP contribution in [-0.2, 0) is 9.59 Å². The van der Waals surface area contributed by atoms with Gasteiger partial charge in [-0.3, -0.25) is 9.59 Å². The molecule has 0 radical (unpaired) electrons. The van der Waals surface area contributed by atoms with Gasteiger partial charge < -0.3 is 16.8 Å². The van der Waals surface area contributed by atoms with Gasteiger partial charge in [0.2, 0.25) is 11.8 Å². The highest BCUT2D eigenvalue weighted by Gasteiger charge is 2.27. The lowest BCUT2D eigenvalue weighted by Crippen LogP contribution is -2.36. The van der Waals surface area contributed by atoms with Crippen LogP contribution >= 0.6 is 0 Å². The molecule has 1 aliphatic carbocycles. The van der Waals surface area contributed by atoms with Gasteiger partial charge in [-0.15, -0.1) is 0 Å². The van der Waals surface area contributed by atoms with Crippen LogP contribution in [0.4, 0.5) is 0 Å². The van der Waals surface area contributed by atoms with E-state index in [1.807, 2.05) is 0 Å². The Bertz CT molecular complexity index is 217. The molecule has 0 aromatic carbocycles. The summed E-state index contributed by atoms with van der Waals surface area (Å²) in [6.07, 6.45) is 2.41. The summed E-state index contributed by atoms with van der Waals surface area (Å²) in [6, 6.07) is 0.129. The van der Waals surface area contributed by atoms with E-state index < -0.39 is 5.91 Å². The van der Waals surface area contributed by atoms with E-state index in [-0.39, 0.29) is 24.4 Å². The van der Waals surface area contributed by atoms with Gasteiger partial charge in [0.25, 0.3) is 0 Å². The van der Waals surface area contributed by atoms with E-state index in [1.165, 1.54) is 0 Å². The van der Waals surface area contributed by atoms with E-state index in [0.29, 0.717) is 6.42 Å². The molecule has 1 saturated carbocycles. The molecule has 74 valence electrons. The van der Waals surface area contributed by atoms with Crippen LogP contribution in [0.15, 0.2) is 0 Å². The molecule has 0 aliphatic heterocycles. The van der Waals surface area contributed by atoms with Crippen LogP contribution in [0.25, 0.3) is 0 Å². The van der Waals surface area contributed by atoms with E-state index in [0.717, 1.165) is 12.8 Å². The highest BCUT2D eigenvalue weighted by molar-refractivity contribution is 5.85. The molecule has 2 atom stereocenters. The molecule has 0 heterocycles. The molecule has 5 nitrogen and oxygen atoms in total. The van der Waals surface area contributed by atoms with Gasteiger partial charge in [-0.1, -0.05) is 0 Å². The van der Waals surface area contributed by atoms with Crippen molar-refractivity contribution in [3.63, 3.8) is 0 Å². The Kier molecular flexibility index (Phi) is 3.25. The molecule has 2 amide bonds. The van der Waals surface area contributed by atoms with E-state index in [4.69, 9.17) is 11.5 Å². The Morgan fingerprint density at radius 3 is 2.54 bits per heavy atom. The molecule has 0 saturated heterocycles. The first kappa shape index (κ1) is 9.98. The number of nitrogens with one attached hydrogen (secondary N) is 1. The zero-order valence-electron chi connectivity index (χ0n) is 7.45. The summed E-state index contributed by atoms with van der Waals surface area (Å²) in [7, 11) is 0. The third kappa shape index (κ3) is 3.02. The van der Waals surface area contributed by atoms with Gasteiger partial charge in [0.05, 0.1) is 6.54 Å². The van der Waals surface area contributed by atoms with Gasteiger partial charge in [0, 0.05) is 12.0 Å². The lowest BCUT2D eigenvalue weighted by atomic mass is 10.1.